The molecule has 1 aromatic carbocycles. The van der Waals surface area contributed by atoms with Gasteiger partial charge in [-0.2, -0.15) is 10.1 Å². The van der Waals surface area contributed by atoms with Gasteiger partial charge in [0.1, 0.15) is 0 Å². The first-order valence-corrected chi connectivity index (χ1v) is 8.14. The van der Waals surface area contributed by atoms with Crippen LogP contribution in [0, 0.1) is 20.8 Å². The van der Waals surface area contributed by atoms with E-state index < -0.39 is 5.97 Å². The number of nitrogens with zero attached hydrogens (tertiary/aromatic N) is 3. The van der Waals surface area contributed by atoms with Crippen LogP contribution in [-0.2, 0) is 11.2 Å². The smallest absolute Gasteiger partial charge is 0.303 e. The van der Waals surface area contributed by atoms with Gasteiger partial charge in [-0.05, 0) is 44.9 Å². The van der Waals surface area contributed by atoms with Crippen molar-refractivity contribution in [3.05, 3.63) is 46.6 Å². The van der Waals surface area contributed by atoms with E-state index in [1.165, 1.54) is 5.56 Å². The molecule has 0 spiro atoms. The molecule has 0 amide bonds. The quantitative estimate of drug-likeness (QED) is 0.771. The molecule has 2 heterocycles. The maximum absolute atomic E-state index is 11.0. The van der Waals surface area contributed by atoms with Gasteiger partial charge in [0.15, 0.2) is 5.65 Å². The van der Waals surface area contributed by atoms with Gasteiger partial charge in [-0.1, -0.05) is 17.7 Å². The fourth-order valence-electron chi connectivity index (χ4n) is 3.09. The molecule has 0 aliphatic heterocycles. The van der Waals surface area contributed by atoms with Gasteiger partial charge >= 0.3 is 5.97 Å². The molecule has 0 saturated heterocycles. The Hall–Kier alpha value is -2.89. The van der Waals surface area contributed by atoms with E-state index in [9.17, 15) is 4.79 Å². The van der Waals surface area contributed by atoms with E-state index in [0.29, 0.717) is 12.3 Å². The maximum Gasteiger partial charge on any atom is 0.303 e. The second-order valence-electron chi connectivity index (χ2n) is 6.15. The van der Waals surface area contributed by atoms with Crippen LogP contribution in [0.15, 0.2) is 24.3 Å². The lowest BCUT2D eigenvalue weighted by molar-refractivity contribution is -0.136. The van der Waals surface area contributed by atoms with Gasteiger partial charge in [0.25, 0.3) is 0 Å². The minimum Gasteiger partial charge on any atom is -0.481 e. The summed E-state index contributed by atoms with van der Waals surface area (Å²) in [5, 5.41) is 14.6. The number of carboxylic acid groups (broad SMARTS) is 1. The minimum atomic E-state index is -0.839. The van der Waals surface area contributed by atoms with Crippen molar-refractivity contribution in [3.8, 4) is 11.6 Å². The number of hydrogen-bond acceptors (Lipinski definition) is 4. The number of pyridine rings is 1. The highest BCUT2D eigenvalue weighted by molar-refractivity contribution is 5.85. The van der Waals surface area contributed by atoms with Gasteiger partial charge in [0.05, 0.1) is 18.5 Å². The molecule has 3 aromatic rings. The van der Waals surface area contributed by atoms with E-state index in [4.69, 9.17) is 9.84 Å². The van der Waals surface area contributed by atoms with Gasteiger partial charge in [-0.3, -0.25) is 4.79 Å². The zero-order valence-corrected chi connectivity index (χ0v) is 14.8. The third kappa shape index (κ3) is 3.07. The van der Waals surface area contributed by atoms with E-state index in [2.05, 4.69) is 10.1 Å². The number of ether oxygens (including phenoxy) is 1. The molecule has 0 atom stereocenters. The number of aryl methyl sites for hydroxylation is 3. The van der Waals surface area contributed by atoms with Crippen LogP contribution in [0.2, 0.25) is 0 Å². The zero-order chi connectivity index (χ0) is 18.1. The monoisotopic (exact) mass is 339 g/mol. The summed E-state index contributed by atoms with van der Waals surface area (Å²) in [6.45, 7) is 5.95. The van der Waals surface area contributed by atoms with Crippen molar-refractivity contribution >= 4 is 17.0 Å². The Balaban J connectivity index is 2.22. The highest BCUT2D eigenvalue weighted by Gasteiger charge is 2.20. The second kappa shape index (κ2) is 6.55. The van der Waals surface area contributed by atoms with Gasteiger partial charge in [0, 0.05) is 17.4 Å². The lowest BCUT2D eigenvalue weighted by Gasteiger charge is -2.12. The highest BCUT2D eigenvalue weighted by atomic mass is 16.5. The van der Waals surface area contributed by atoms with Crippen LogP contribution >= 0.6 is 0 Å². The molecule has 0 aliphatic rings. The van der Waals surface area contributed by atoms with Crippen molar-refractivity contribution in [2.45, 2.75) is 33.6 Å². The van der Waals surface area contributed by atoms with Crippen LogP contribution in [0.1, 0.15) is 28.8 Å². The predicted molar refractivity (Wildman–Crippen MR) is 95.6 cm³/mol. The Bertz CT molecular complexity index is 943. The largest absolute Gasteiger partial charge is 0.481 e. The molecule has 6 nitrogen and oxygen atoms in total. The topological polar surface area (TPSA) is 77.2 Å². The van der Waals surface area contributed by atoms with Crippen LogP contribution in [0.4, 0.5) is 0 Å². The molecule has 0 aliphatic carbocycles. The van der Waals surface area contributed by atoms with Crippen molar-refractivity contribution < 1.29 is 14.6 Å². The fourth-order valence-corrected chi connectivity index (χ4v) is 3.09. The molecule has 0 fully saturated rings. The lowest BCUT2D eigenvalue weighted by Crippen LogP contribution is -2.05. The van der Waals surface area contributed by atoms with Crippen LogP contribution in [0.25, 0.3) is 16.7 Å². The van der Waals surface area contributed by atoms with Crippen LogP contribution in [0.3, 0.4) is 0 Å². The average molecular weight is 339 g/mol. The molecule has 1 N–H and O–H groups in total. The number of carboxylic acids is 1. The van der Waals surface area contributed by atoms with Crippen LogP contribution in [-0.4, -0.2) is 33.0 Å². The Morgan fingerprint density at radius 1 is 1.20 bits per heavy atom. The summed E-state index contributed by atoms with van der Waals surface area (Å²) in [5.74, 6) is -0.381. The molecule has 25 heavy (non-hydrogen) atoms. The SMILES string of the molecule is COc1nc2c(c(C)nn2-c2ccc(C)cc2)c(C)c1CCC(=O)O. The number of fused-ring (bicyclic) bond motifs is 1. The number of rotatable bonds is 5. The third-order valence-corrected chi connectivity index (χ3v) is 4.39. The summed E-state index contributed by atoms with van der Waals surface area (Å²) in [5.41, 5.74) is 5.48. The summed E-state index contributed by atoms with van der Waals surface area (Å²) in [7, 11) is 1.55. The Kier molecular flexibility index (Phi) is 4.44. The zero-order valence-electron chi connectivity index (χ0n) is 14.8. The summed E-state index contributed by atoms with van der Waals surface area (Å²) >= 11 is 0. The molecule has 2 aromatic heterocycles. The van der Waals surface area contributed by atoms with Crippen molar-refractivity contribution in [2.24, 2.45) is 0 Å². The van der Waals surface area contributed by atoms with Crippen LogP contribution in [0.5, 0.6) is 5.88 Å². The Morgan fingerprint density at radius 2 is 1.88 bits per heavy atom. The first kappa shape index (κ1) is 17.0. The second-order valence-corrected chi connectivity index (χ2v) is 6.15. The molecular weight excluding hydrogens is 318 g/mol. The van der Waals surface area contributed by atoms with E-state index in [1.54, 1.807) is 11.8 Å². The van der Waals surface area contributed by atoms with E-state index in [-0.39, 0.29) is 6.42 Å². The Labute approximate surface area is 146 Å². The molecule has 6 heteroatoms. The molecule has 130 valence electrons. The summed E-state index contributed by atoms with van der Waals surface area (Å²) in [6, 6.07) is 8.07. The summed E-state index contributed by atoms with van der Waals surface area (Å²) in [4.78, 5) is 15.6. The number of benzene rings is 1. The lowest BCUT2D eigenvalue weighted by atomic mass is 10.0. The van der Waals surface area contributed by atoms with Crippen molar-refractivity contribution in [2.75, 3.05) is 7.11 Å². The van der Waals surface area contributed by atoms with Gasteiger partial charge < -0.3 is 9.84 Å². The number of hydrogen-bond donors (Lipinski definition) is 1. The van der Waals surface area contributed by atoms with E-state index >= 15 is 0 Å². The standard InChI is InChI=1S/C19H21N3O3/c1-11-5-7-14(8-6-11)22-18-17(13(3)21-22)12(2)15(9-10-16(23)24)19(20-18)25-4/h5-8H,9-10H2,1-4H3,(H,23,24). The first-order valence-electron chi connectivity index (χ1n) is 8.14. The predicted octanol–water partition coefficient (Wildman–Crippen LogP) is 3.37. The average Bonchev–Trinajstić information content (AvgIpc) is 2.91. The first-order chi connectivity index (χ1) is 11.9. The van der Waals surface area contributed by atoms with Crippen molar-refractivity contribution in [1.29, 1.82) is 0 Å². The van der Waals surface area contributed by atoms with Crippen LogP contribution < -0.4 is 4.74 Å². The number of aromatic nitrogens is 3. The summed E-state index contributed by atoms with van der Waals surface area (Å²) < 4.78 is 7.25. The van der Waals surface area contributed by atoms with Gasteiger partial charge in [-0.25, -0.2) is 4.68 Å². The molecular formula is C19H21N3O3. The molecule has 0 bridgehead atoms. The Morgan fingerprint density at radius 3 is 2.48 bits per heavy atom. The summed E-state index contributed by atoms with van der Waals surface area (Å²) in [6.07, 6.45) is 0.415. The number of carbonyl (C=O) groups is 1. The normalized spacial score (nSPS) is 11.0. The highest BCUT2D eigenvalue weighted by Crippen LogP contribution is 2.31. The molecule has 0 saturated carbocycles. The fraction of sp³-hybridized carbons (Fsp3) is 0.316. The molecule has 0 radical (unpaired) electrons. The number of aliphatic carboxylic acids is 1. The van der Waals surface area contributed by atoms with Gasteiger partial charge in [0.2, 0.25) is 5.88 Å². The van der Waals surface area contributed by atoms with E-state index in [1.807, 2.05) is 45.0 Å². The molecule has 0 unspecified atom stereocenters. The molecule has 3 rings (SSSR count). The maximum atomic E-state index is 11.0. The number of methoxy groups -OCH3 is 1. The minimum absolute atomic E-state index is 0.0372. The van der Waals surface area contributed by atoms with Crippen molar-refractivity contribution in [3.63, 3.8) is 0 Å². The third-order valence-electron chi connectivity index (χ3n) is 4.39. The van der Waals surface area contributed by atoms with Gasteiger partial charge in [-0.15, -0.1) is 0 Å². The van der Waals surface area contributed by atoms with Crippen molar-refractivity contribution in [1.82, 2.24) is 14.8 Å². The van der Waals surface area contributed by atoms with E-state index in [0.717, 1.165) is 33.5 Å².